The number of H-pyrrole nitrogens is 1. The van der Waals surface area contributed by atoms with Crippen LogP contribution in [0.15, 0.2) is 35.6 Å². The lowest BCUT2D eigenvalue weighted by Gasteiger charge is -2.10. The van der Waals surface area contributed by atoms with Gasteiger partial charge in [-0.1, -0.05) is 25.1 Å². The Hall–Kier alpha value is -2.37. The lowest BCUT2D eigenvalue weighted by Crippen LogP contribution is -2.39. The van der Waals surface area contributed by atoms with E-state index >= 15 is 0 Å². The topological polar surface area (TPSA) is 78.0 Å². The fourth-order valence-corrected chi connectivity index (χ4v) is 2.35. The minimum Gasteiger partial charge on any atom is -0.357 e. The van der Waals surface area contributed by atoms with Crippen molar-refractivity contribution in [1.82, 2.24) is 25.8 Å². The Morgan fingerprint density at radius 1 is 1.45 bits per heavy atom. The van der Waals surface area contributed by atoms with Crippen molar-refractivity contribution in [2.75, 3.05) is 6.54 Å². The van der Waals surface area contributed by atoms with Crippen LogP contribution in [-0.4, -0.2) is 33.7 Å². The summed E-state index contributed by atoms with van der Waals surface area (Å²) in [5.74, 6) is 2.42. The standard InChI is InChI=1S/C16H22N6/c1-3-17-16(21-14-7-11(14)2)18-9-12-5-4-6-13(8-12)15-19-10-20-22-15/h4-6,8,10-11,14H,3,7,9H2,1-2H3,(H2,17,18,21)(H,19,20,22). The van der Waals surface area contributed by atoms with Gasteiger partial charge in [0.2, 0.25) is 0 Å². The Labute approximate surface area is 130 Å². The summed E-state index contributed by atoms with van der Waals surface area (Å²) in [6.07, 6.45) is 2.75. The molecule has 6 nitrogen and oxygen atoms in total. The highest BCUT2D eigenvalue weighted by molar-refractivity contribution is 5.80. The first kappa shape index (κ1) is 14.6. The predicted molar refractivity (Wildman–Crippen MR) is 87.3 cm³/mol. The number of rotatable bonds is 5. The smallest absolute Gasteiger partial charge is 0.191 e. The van der Waals surface area contributed by atoms with E-state index < -0.39 is 0 Å². The van der Waals surface area contributed by atoms with Crippen LogP contribution in [0.4, 0.5) is 0 Å². The molecule has 3 N–H and O–H groups in total. The Balaban J connectivity index is 1.68. The molecule has 0 bridgehead atoms. The van der Waals surface area contributed by atoms with E-state index in [4.69, 9.17) is 0 Å². The second-order valence-corrected chi connectivity index (χ2v) is 5.69. The van der Waals surface area contributed by atoms with Crippen molar-refractivity contribution in [2.45, 2.75) is 32.9 Å². The average Bonchev–Trinajstić information content (AvgIpc) is 3.02. The van der Waals surface area contributed by atoms with Gasteiger partial charge in [0.1, 0.15) is 6.33 Å². The highest BCUT2D eigenvalue weighted by atomic mass is 15.2. The van der Waals surface area contributed by atoms with Crippen LogP contribution < -0.4 is 10.6 Å². The van der Waals surface area contributed by atoms with Gasteiger partial charge in [0.05, 0.1) is 6.54 Å². The van der Waals surface area contributed by atoms with E-state index in [1.54, 1.807) is 0 Å². The maximum atomic E-state index is 4.67. The van der Waals surface area contributed by atoms with Crippen LogP contribution >= 0.6 is 0 Å². The zero-order valence-corrected chi connectivity index (χ0v) is 13.0. The van der Waals surface area contributed by atoms with Gasteiger partial charge in [0, 0.05) is 18.2 Å². The molecule has 0 amide bonds. The summed E-state index contributed by atoms with van der Waals surface area (Å²) in [6.45, 7) is 5.84. The van der Waals surface area contributed by atoms with E-state index in [0.717, 1.165) is 35.4 Å². The van der Waals surface area contributed by atoms with E-state index in [1.165, 1.54) is 12.7 Å². The highest BCUT2D eigenvalue weighted by Crippen LogP contribution is 2.28. The quantitative estimate of drug-likeness (QED) is 0.582. The third-order valence-electron chi connectivity index (χ3n) is 3.81. The van der Waals surface area contributed by atoms with Gasteiger partial charge >= 0.3 is 0 Å². The molecule has 1 saturated carbocycles. The van der Waals surface area contributed by atoms with Crippen LogP contribution in [-0.2, 0) is 6.54 Å². The van der Waals surface area contributed by atoms with E-state index in [0.29, 0.717) is 12.6 Å². The van der Waals surface area contributed by atoms with Gasteiger partial charge in [-0.3, -0.25) is 5.10 Å². The molecule has 0 radical (unpaired) electrons. The molecule has 3 rings (SSSR count). The van der Waals surface area contributed by atoms with Crippen LogP contribution in [0.5, 0.6) is 0 Å². The van der Waals surface area contributed by atoms with Gasteiger partial charge in [-0.05, 0) is 30.9 Å². The average molecular weight is 298 g/mol. The van der Waals surface area contributed by atoms with E-state index in [1.807, 2.05) is 12.1 Å². The van der Waals surface area contributed by atoms with E-state index in [9.17, 15) is 0 Å². The van der Waals surface area contributed by atoms with E-state index in [-0.39, 0.29) is 0 Å². The van der Waals surface area contributed by atoms with Crippen molar-refractivity contribution in [2.24, 2.45) is 10.9 Å². The molecule has 22 heavy (non-hydrogen) atoms. The summed E-state index contributed by atoms with van der Waals surface area (Å²) in [4.78, 5) is 8.85. The van der Waals surface area contributed by atoms with Crippen molar-refractivity contribution in [3.05, 3.63) is 36.2 Å². The number of aliphatic imine (C=N–C) groups is 1. The summed E-state index contributed by atoms with van der Waals surface area (Å²) < 4.78 is 0. The number of hydrogen-bond donors (Lipinski definition) is 3. The molecular formula is C16H22N6. The minimum absolute atomic E-state index is 0.568. The van der Waals surface area contributed by atoms with Gasteiger partial charge in [0.25, 0.3) is 0 Å². The summed E-state index contributed by atoms with van der Waals surface area (Å²) in [5.41, 5.74) is 2.17. The number of benzene rings is 1. The Kier molecular flexibility index (Phi) is 4.37. The van der Waals surface area contributed by atoms with E-state index in [2.05, 4.69) is 56.8 Å². The first-order valence-electron chi connectivity index (χ1n) is 7.75. The molecule has 1 fully saturated rings. The summed E-state index contributed by atoms with van der Waals surface area (Å²) in [5, 5.41) is 13.5. The van der Waals surface area contributed by atoms with Crippen molar-refractivity contribution in [3.8, 4) is 11.4 Å². The molecule has 0 saturated heterocycles. The number of nitrogens with zero attached hydrogens (tertiary/aromatic N) is 3. The molecular weight excluding hydrogens is 276 g/mol. The summed E-state index contributed by atoms with van der Waals surface area (Å²) in [6, 6.07) is 8.77. The minimum atomic E-state index is 0.568. The Bertz CT molecular complexity index is 634. The third-order valence-corrected chi connectivity index (χ3v) is 3.81. The zero-order valence-electron chi connectivity index (χ0n) is 13.0. The number of aromatic amines is 1. The number of aromatic nitrogens is 3. The lowest BCUT2D eigenvalue weighted by atomic mass is 10.1. The normalized spacial score (nSPS) is 20.7. The molecule has 1 aliphatic rings. The van der Waals surface area contributed by atoms with Gasteiger partial charge in [-0.2, -0.15) is 5.10 Å². The summed E-state index contributed by atoms with van der Waals surface area (Å²) >= 11 is 0. The summed E-state index contributed by atoms with van der Waals surface area (Å²) in [7, 11) is 0. The van der Waals surface area contributed by atoms with Gasteiger partial charge in [0.15, 0.2) is 11.8 Å². The molecule has 0 spiro atoms. The molecule has 2 atom stereocenters. The molecule has 2 unspecified atom stereocenters. The van der Waals surface area contributed by atoms with Gasteiger partial charge in [-0.25, -0.2) is 9.98 Å². The third kappa shape index (κ3) is 3.63. The van der Waals surface area contributed by atoms with Crippen molar-refractivity contribution < 1.29 is 0 Å². The molecule has 1 aromatic heterocycles. The second kappa shape index (κ2) is 6.60. The largest absolute Gasteiger partial charge is 0.357 e. The number of nitrogens with one attached hydrogen (secondary N) is 3. The molecule has 2 aromatic rings. The first-order valence-corrected chi connectivity index (χ1v) is 7.75. The van der Waals surface area contributed by atoms with Crippen LogP contribution in [0.3, 0.4) is 0 Å². The molecule has 1 aromatic carbocycles. The zero-order chi connectivity index (χ0) is 15.4. The van der Waals surface area contributed by atoms with Crippen LogP contribution in [0, 0.1) is 5.92 Å². The van der Waals surface area contributed by atoms with Crippen LogP contribution in [0.1, 0.15) is 25.8 Å². The monoisotopic (exact) mass is 298 g/mol. The molecule has 116 valence electrons. The van der Waals surface area contributed by atoms with Gasteiger partial charge < -0.3 is 10.6 Å². The molecule has 1 aliphatic carbocycles. The molecule has 0 aliphatic heterocycles. The SMILES string of the molecule is CCNC(=NCc1cccc(-c2ncn[nH]2)c1)NC1CC1C. The molecule has 1 heterocycles. The van der Waals surface area contributed by atoms with Crippen LogP contribution in [0.2, 0.25) is 0 Å². The predicted octanol–water partition coefficient (Wildman–Crippen LogP) is 1.94. The lowest BCUT2D eigenvalue weighted by molar-refractivity contribution is 0.766. The Morgan fingerprint density at radius 2 is 2.32 bits per heavy atom. The maximum Gasteiger partial charge on any atom is 0.191 e. The highest BCUT2D eigenvalue weighted by Gasteiger charge is 2.33. The number of hydrogen-bond acceptors (Lipinski definition) is 3. The Morgan fingerprint density at radius 3 is 3.00 bits per heavy atom. The van der Waals surface area contributed by atoms with Crippen molar-refractivity contribution in [3.63, 3.8) is 0 Å². The first-order chi connectivity index (χ1) is 10.8. The van der Waals surface area contributed by atoms with Gasteiger partial charge in [-0.15, -0.1) is 0 Å². The molecule has 6 heteroatoms. The fourth-order valence-electron chi connectivity index (χ4n) is 2.35. The van der Waals surface area contributed by atoms with Crippen LogP contribution in [0.25, 0.3) is 11.4 Å². The van der Waals surface area contributed by atoms with Crippen molar-refractivity contribution >= 4 is 5.96 Å². The number of guanidine groups is 1. The maximum absolute atomic E-state index is 4.67. The van der Waals surface area contributed by atoms with Crippen molar-refractivity contribution in [1.29, 1.82) is 0 Å². The second-order valence-electron chi connectivity index (χ2n) is 5.69. The fraction of sp³-hybridized carbons (Fsp3) is 0.438.